The van der Waals surface area contributed by atoms with Crippen molar-refractivity contribution < 1.29 is 18.8 Å². The van der Waals surface area contributed by atoms with Crippen LogP contribution in [0.2, 0.25) is 0 Å². The lowest BCUT2D eigenvalue weighted by molar-refractivity contribution is -0.137. The molecule has 2 amide bonds. The molecule has 0 saturated heterocycles. The van der Waals surface area contributed by atoms with E-state index in [2.05, 4.69) is 15.4 Å². The van der Waals surface area contributed by atoms with Gasteiger partial charge >= 0.3 is 0 Å². The summed E-state index contributed by atoms with van der Waals surface area (Å²) < 4.78 is 7.42. The average Bonchev–Trinajstić information content (AvgIpc) is 3.45. The van der Waals surface area contributed by atoms with E-state index in [4.69, 9.17) is 10.2 Å². The number of ketones is 1. The van der Waals surface area contributed by atoms with Crippen LogP contribution in [0.25, 0.3) is 15.9 Å². The molecule has 4 heterocycles. The molecule has 0 aliphatic carbocycles. The van der Waals surface area contributed by atoms with E-state index in [-0.39, 0.29) is 12.1 Å². The number of fused-ring (bicyclic) bond motifs is 1. The summed E-state index contributed by atoms with van der Waals surface area (Å²) >= 11 is 1.44. The van der Waals surface area contributed by atoms with Crippen LogP contribution in [0.15, 0.2) is 59.0 Å². The molecule has 0 radical (unpaired) electrons. The third-order valence-corrected chi connectivity index (χ3v) is 5.30. The highest BCUT2D eigenvalue weighted by atomic mass is 32.1. The number of carbonyl (C=O) groups is 3. The smallest absolute Gasteiger partial charge is 0.287 e. The van der Waals surface area contributed by atoms with Crippen molar-refractivity contribution in [3.05, 3.63) is 65.8 Å². The van der Waals surface area contributed by atoms with Gasteiger partial charge in [-0.25, -0.2) is 9.67 Å². The minimum Gasteiger partial charge on any atom is -0.470 e. The van der Waals surface area contributed by atoms with Crippen molar-refractivity contribution in [2.24, 2.45) is 5.73 Å². The zero-order valence-corrected chi connectivity index (χ0v) is 15.8. The van der Waals surface area contributed by atoms with Crippen molar-refractivity contribution in [2.45, 2.75) is 12.5 Å². The lowest BCUT2D eigenvalue weighted by atomic mass is 10.0. The molecule has 146 valence electrons. The number of Topliss-reactive ketones (excluding diaryl/α,β-unsaturated/α-hetero) is 1. The summed E-state index contributed by atoms with van der Waals surface area (Å²) in [7, 11) is 0. The average molecular weight is 409 g/mol. The molecule has 4 aromatic heterocycles. The molecule has 29 heavy (non-hydrogen) atoms. The molecule has 0 aliphatic heterocycles. The van der Waals surface area contributed by atoms with Gasteiger partial charge in [-0.15, -0.1) is 11.3 Å². The lowest BCUT2D eigenvalue weighted by Gasteiger charge is -2.16. The fourth-order valence-corrected chi connectivity index (χ4v) is 3.85. The second kappa shape index (κ2) is 7.68. The first kappa shape index (κ1) is 18.6. The third kappa shape index (κ3) is 3.65. The Bertz CT molecular complexity index is 1190. The molecule has 0 aliphatic rings. The molecule has 0 saturated carbocycles. The van der Waals surface area contributed by atoms with Crippen LogP contribution in [0.4, 0.5) is 0 Å². The van der Waals surface area contributed by atoms with Crippen LogP contribution in [-0.2, 0) is 16.0 Å². The van der Waals surface area contributed by atoms with Gasteiger partial charge in [0.25, 0.3) is 11.8 Å². The largest absolute Gasteiger partial charge is 0.470 e. The molecule has 1 unspecified atom stereocenters. The number of hydrogen-bond donors (Lipinski definition) is 2. The number of nitrogens with two attached hydrogens (primary N) is 1. The van der Waals surface area contributed by atoms with E-state index in [0.717, 1.165) is 15.6 Å². The van der Waals surface area contributed by atoms with Gasteiger partial charge in [-0.2, -0.15) is 5.10 Å². The second-order valence-electron chi connectivity index (χ2n) is 6.19. The van der Waals surface area contributed by atoms with Gasteiger partial charge in [0.05, 0.1) is 17.2 Å². The minimum absolute atomic E-state index is 0.102. The molecule has 0 bridgehead atoms. The summed E-state index contributed by atoms with van der Waals surface area (Å²) in [5.74, 6) is -2.14. The van der Waals surface area contributed by atoms with Gasteiger partial charge in [0.2, 0.25) is 5.78 Å². The Morgan fingerprint density at radius 1 is 1.21 bits per heavy atom. The molecular formula is C19H15N5O4S. The molecule has 1 atom stereocenters. The minimum atomic E-state index is -1.13. The molecule has 0 spiro atoms. The van der Waals surface area contributed by atoms with Crippen LogP contribution in [-0.4, -0.2) is 38.4 Å². The highest BCUT2D eigenvalue weighted by Gasteiger charge is 2.28. The van der Waals surface area contributed by atoms with Crippen molar-refractivity contribution >= 4 is 39.0 Å². The Kier molecular flexibility index (Phi) is 4.92. The lowest BCUT2D eigenvalue weighted by Crippen LogP contribution is -2.47. The Morgan fingerprint density at radius 3 is 2.83 bits per heavy atom. The number of furan rings is 1. The Labute approximate surface area is 168 Å². The van der Waals surface area contributed by atoms with E-state index in [9.17, 15) is 14.4 Å². The normalized spacial score (nSPS) is 12.0. The van der Waals surface area contributed by atoms with Gasteiger partial charge in [0.1, 0.15) is 18.0 Å². The predicted molar refractivity (Wildman–Crippen MR) is 105 cm³/mol. The molecule has 9 nitrogen and oxygen atoms in total. The van der Waals surface area contributed by atoms with Gasteiger partial charge in [0, 0.05) is 18.0 Å². The topological polar surface area (TPSA) is 133 Å². The number of aromatic nitrogens is 3. The van der Waals surface area contributed by atoms with Gasteiger partial charge in [-0.05, 0) is 29.1 Å². The van der Waals surface area contributed by atoms with Crippen molar-refractivity contribution in [3.63, 3.8) is 0 Å². The molecule has 10 heteroatoms. The van der Waals surface area contributed by atoms with Crippen LogP contribution >= 0.6 is 11.3 Å². The van der Waals surface area contributed by atoms with E-state index >= 15 is 0 Å². The highest BCUT2D eigenvalue weighted by molar-refractivity contribution is 7.17. The van der Waals surface area contributed by atoms with Gasteiger partial charge < -0.3 is 15.5 Å². The van der Waals surface area contributed by atoms with Crippen molar-refractivity contribution in [1.29, 1.82) is 0 Å². The molecule has 0 fully saturated rings. The van der Waals surface area contributed by atoms with Gasteiger partial charge in [0.15, 0.2) is 5.82 Å². The number of nitrogens with one attached hydrogen (secondary N) is 1. The Morgan fingerprint density at radius 2 is 2.07 bits per heavy atom. The van der Waals surface area contributed by atoms with Gasteiger partial charge in [-0.3, -0.25) is 14.4 Å². The number of carbonyl (C=O) groups excluding carboxylic acids is 3. The quantitative estimate of drug-likeness (QED) is 0.444. The summed E-state index contributed by atoms with van der Waals surface area (Å²) in [6.07, 6.45) is 6.28. The first-order valence-corrected chi connectivity index (χ1v) is 9.45. The van der Waals surface area contributed by atoms with Crippen LogP contribution in [0.5, 0.6) is 0 Å². The zero-order valence-electron chi connectivity index (χ0n) is 14.9. The molecule has 4 aromatic rings. The Hall–Kier alpha value is -3.79. The first-order chi connectivity index (χ1) is 14.0. The van der Waals surface area contributed by atoms with E-state index in [1.54, 1.807) is 36.9 Å². The monoisotopic (exact) mass is 409 g/mol. The number of pyridine rings is 1. The molecule has 0 aromatic carbocycles. The van der Waals surface area contributed by atoms with Crippen molar-refractivity contribution in [3.8, 4) is 5.82 Å². The van der Waals surface area contributed by atoms with Gasteiger partial charge in [-0.1, -0.05) is 6.07 Å². The van der Waals surface area contributed by atoms with Crippen molar-refractivity contribution in [1.82, 2.24) is 20.1 Å². The number of primary amides is 1. The SMILES string of the molecule is NC(=O)C(=O)C(Cc1csc2cocc12)NC(=O)c1ccnn1-c1ccccn1. The van der Waals surface area contributed by atoms with Crippen LogP contribution in [0.3, 0.4) is 0 Å². The fraction of sp³-hybridized carbons (Fsp3) is 0.105. The number of rotatable bonds is 7. The van der Waals surface area contributed by atoms with E-state index in [1.807, 2.05) is 5.38 Å². The molecular weight excluding hydrogens is 394 g/mol. The highest BCUT2D eigenvalue weighted by Crippen LogP contribution is 2.28. The van der Waals surface area contributed by atoms with Crippen LogP contribution in [0, 0.1) is 0 Å². The van der Waals surface area contributed by atoms with Crippen LogP contribution in [0.1, 0.15) is 16.1 Å². The standard InChI is InChI=1S/C19H15N5O4S/c20-18(26)17(25)13(7-11-10-29-15-9-28-8-12(11)15)23-19(27)14-4-6-22-24(14)16-3-1-2-5-21-16/h1-6,8-10,13H,7H2,(H2,20,26)(H,23,27). The molecule has 4 rings (SSSR count). The summed E-state index contributed by atoms with van der Waals surface area (Å²) in [5.41, 5.74) is 6.14. The first-order valence-electron chi connectivity index (χ1n) is 8.57. The number of thiophene rings is 1. The summed E-state index contributed by atoms with van der Waals surface area (Å²) in [6, 6.07) is 5.56. The number of amides is 2. The summed E-state index contributed by atoms with van der Waals surface area (Å²) in [4.78, 5) is 40.9. The zero-order chi connectivity index (χ0) is 20.4. The van der Waals surface area contributed by atoms with Crippen LogP contribution < -0.4 is 11.1 Å². The fourth-order valence-electron chi connectivity index (χ4n) is 2.94. The maximum absolute atomic E-state index is 12.9. The number of hydrogen-bond acceptors (Lipinski definition) is 7. The van der Waals surface area contributed by atoms with E-state index < -0.39 is 23.6 Å². The maximum atomic E-state index is 12.9. The Balaban J connectivity index is 1.61. The predicted octanol–water partition coefficient (Wildman–Crippen LogP) is 1.47. The third-order valence-electron chi connectivity index (χ3n) is 4.33. The van der Waals surface area contributed by atoms with Crippen molar-refractivity contribution in [2.75, 3.05) is 0 Å². The van der Waals surface area contributed by atoms with E-state index in [1.165, 1.54) is 28.3 Å². The number of nitrogens with zero attached hydrogens (tertiary/aromatic N) is 3. The summed E-state index contributed by atoms with van der Waals surface area (Å²) in [6.45, 7) is 0. The molecule has 3 N–H and O–H groups in total. The van der Waals surface area contributed by atoms with E-state index in [0.29, 0.717) is 5.82 Å². The maximum Gasteiger partial charge on any atom is 0.287 e. The second-order valence-corrected chi connectivity index (χ2v) is 7.10. The summed E-state index contributed by atoms with van der Waals surface area (Å²) in [5, 5.41) is 9.39.